The summed E-state index contributed by atoms with van der Waals surface area (Å²) in [7, 11) is 0. The minimum absolute atomic E-state index is 0.412. The van der Waals surface area contributed by atoms with Crippen molar-refractivity contribution in [1.82, 2.24) is 5.43 Å². The largest absolute Gasteiger partial charge is 0.271 e. The second kappa shape index (κ2) is 8.04. The fourth-order valence-corrected chi connectivity index (χ4v) is 1.93. The number of rotatable bonds is 8. The highest BCUT2D eigenvalue weighted by Crippen LogP contribution is 2.11. The normalized spacial score (nSPS) is 12.4. The van der Waals surface area contributed by atoms with Crippen molar-refractivity contribution in [1.29, 1.82) is 0 Å². The highest BCUT2D eigenvalue weighted by molar-refractivity contribution is 5.14. The molecule has 0 heterocycles. The van der Waals surface area contributed by atoms with E-state index in [1.165, 1.54) is 17.6 Å². The molecule has 1 atom stereocenters. The molecule has 0 aliphatic carbocycles. The van der Waals surface area contributed by atoms with E-state index in [1.54, 1.807) is 0 Å². The predicted octanol–water partition coefficient (Wildman–Crippen LogP) is 3.20. The molecule has 3 N–H and O–H groups in total. The standard InChI is InChI=1S/C15H24N2/c1-13(2)11-12-15(17-16)10-6-9-14-7-4-3-5-8-14/h3-5,7-8,15,17H,1,6,9-12,16H2,2H3. The Bertz CT molecular complexity index is 319. The number of hydrazine groups is 1. The van der Waals surface area contributed by atoms with Crippen LogP contribution in [0.5, 0.6) is 0 Å². The summed E-state index contributed by atoms with van der Waals surface area (Å²) in [4.78, 5) is 0. The van der Waals surface area contributed by atoms with Crippen molar-refractivity contribution in [2.75, 3.05) is 0 Å². The van der Waals surface area contributed by atoms with Gasteiger partial charge in [-0.3, -0.25) is 11.3 Å². The quantitative estimate of drug-likeness (QED) is 0.410. The lowest BCUT2D eigenvalue weighted by Crippen LogP contribution is -2.35. The first-order chi connectivity index (χ1) is 8.22. The van der Waals surface area contributed by atoms with Gasteiger partial charge in [0.15, 0.2) is 0 Å². The molecule has 1 aromatic rings. The Labute approximate surface area is 105 Å². The van der Waals surface area contributed by atoms with Crippen molar-refractivity contribution in [2.24, 2.45) is 5.84 Å². The maximum atomic E-state index is 5.56. The Kier molecular flexibility index (Phi) is 6.60. The van der Waals surface area contributed by atoms with Gasteiger partial charge in [0.25, 0.3) is 0 Å². The zero-order valence-corrected chi connectivity index (χ0v) is 10.8. The summed E-state index contributed by atoms with van der Waals surface area (Å²) >= 11 is 0. The number of nitrogens with one attached hydrogen (secondary N) is 1. The molecular formula is C15H24N2. The zero-order valence-electron chi connectivity index (χ0n) is 10.8. The second-order valence-electron chi connectivity index (χ2n) is 4.74. The van der Waals surface area contributed by atoms with Gasteiger partial charge in [0, 0.05) is 6.04 Å². The smallest absolute Gasteiger partial charge is 0.0213 e. The third-order valence-electron chi connectivity index (χ3n) is 3.02. The number of hydrogen-bond acceptors (Lipinski definition) is 2. The molecule has 1 rings (SSSR count). The lowest BCUT2D eigenvalue weighted by Gasteiger charge is -2.15. The predicted molar refractivity (Wildman–Crippen MR) is 74.5 cm³/mol. The van der Waals surface area contributed by atoms with Crippen LogP contribution in [0.2, 0.25) is 0 Å². The van der Waals surface area contributed by atoms with Gasteiger partial charge in [-0.15, -0.1) is 6.58 Å². The highest BCUT2D eigenvalue weighted by Gasteiger charge is 2.06. The molecule has 0 aliphatic heterocycles. The summed E-state index contributed by atoms with van der Waals surface area (Å²) in [6.45, 7) is 5.99. The summed E-state index contributed by atoms with van der Waals surface area (Å²) in [6, 6.07) is 11.0. The van der Waals surface area contributed by atoms with Crippen molar-refractivity contribution in [3.63, 3.8) is 0 Å². The van der Waals surface area contributed by atoms with Crippen LogP contribution in [0.25, 0.3) is 0 Å². The van der Waals surface area contributed by atoms with Crippen molar-refractivity contribution in [3.8, 4) is 0 Å². The van der Waals surface area contributed by atoms with Crippen molar-refractivity contribution in [2.45, 2.75) is 45.1 Å². The number of benzene rings is 1. The summed E-state index contributed by atoms with van der Waals surface area (Å²) in [6.07, 6.45) is 5.57. The number of hydrogen-bond donors (Lipinski definition) is 2. The van der Waals surface area contributed by atoms with Crippen LogP contribution >= 0.6 is 0 Å². The summed E-state index contributed by atoms with van der Waals surface area (Å²) in [5.74, 6) is 5.56. The van der Waals surface area contributed by atoms with Gasteiger partial charge in [0.1, 0.15) is 0 Å². The Hall–Kier alpha value is -1.12. The molecule has 0 bridgehead atoms. The van der Waals surface area contributed by atoms with E-state index in [2.05, 4.69) is 49.3 Å². The van der Waals surface area contributed by atoms with Crippen LogP contribution in [-0.4, -0.2) is 6.04 Å². The monoisotopic (exact) mass is 232 g/mol. The number of allylic oxidation sites excluding steroid dienone is 1. The van der Waals surface area contributed by atoms with E-state index in [0.29, 0.717) is 6.04 Å². The van der Waals surface area contributed by atoms with Gasteiger partial charge in [-0.2, -0.15) is 0 Å². The molecule has 0 aliphatic rings. The SMILES string of the molecule is C=C(C)CCC(CCCc1ccccc1)NN. The van der Waals surface area contributed by atoms with E-state index in [-0.39, 0.29) is 0 Å². The van der Waals surface area contributed by atoms with Gasteiger partial charge in [-0.1, -0.05) is 35.9 Å². The fraction of sp³-hybridized carbons (Fsp3) is 0.467. The Morgan fingerprint density at radius 2 is 2.00 bits per heavy atom. The average Bonchev–Trinajstić information content (AvgIpc) is 2.34. The minimum Gasteiger partial charge on any atom is -0.271 e. The van der Waals surface area contributed by atoms with Crippen LogP contribution in [0, 0.1) is 0 Å². The van der Waals surface area contributed by atoms with E-state index >= 15 is 0 Å². The van der Waals surface area contributed by atoms with Crippen molar-refractivity contribution >= 4 is 0 Å². The van der Waals surface area contributed by atoms with E-state index in [1.807, 2.05) is 0 Å². The Balaban J connectivity index is 2.21. The molecule has 0 fully saturated rings. The lowest BCUT2D eigenvalue weighted by atomic mass is 10.0. The minimum atomic E-state index is 0.412. The first-order valence-electron chi connectivity index (χ1n) is 6.37. The molecule has 0 saturated carbocycles. The first-order valence-corrected chi connectivity index (χ1v) is 6.37. The van der Waals surface area contributed by atoms with Crippen LogP contribution in [0.15, 0.2) is 42.5 Å². The van der Waals surface area contributed by atoms with E-state index in [0.717, 1.165) is 25.7 Å². The summed E-state index contributed by atoms with van der Waals surface area (Å²) in [5.41, 5.74) is 5.54. The number of aryl methyl sites for hydroxylation is 1. The molecule has 17 heavy (non-hydrogen) atoms. The van der Waals surface area contributed by atoms with E-state index in [9.17, 15) is 0 Å². The molecule has 1 aromatic carbocycles. The van der Waals surface area contributed by atoms with Crippen LogP contribution in [0.3, 0.4) is 0 Å². The first kappa shape index (κ1) is 13.9. The van der Waals surface area contributed by atoms with Gasteiger partial charge in [-0.05, 0) is 44.6 Å². The molecule has 1 unspecified atom stereocenters. The van der Waals surface area contributed by atoms with Gasteiger partial charge in [-0.25, -0.2) is 0 Å². The van der Waals surface area contributed by atoms with Crippen LogP contribution in [0.1, 0.15) is 38.2 Å². The molecule has 0 radical (unpaired) electrons. The van der Waals surface area contributed by atoms with Crippen molar-refractivity contribution in [3.05, 3.63) is 48.0 Å². The van der Waals surface area contributed by atoms with Crippen LogP contribution < -0.4 is 11.3 Å². The lowest BCUT2D eigenvalue weighted by molar-refractivity contribution is 0.451. The Morgan fingerprint density at radius 1 is 1.29 bits per heavy atom. The summed E-state index contributed by atoms with van der Waals surface area (Å²) in [5, 5.41) is 0. The van der Waals surface area contributed by atoms with Gasteiger partial charge >= 0.3 is 0 Å². The van der Waals surface area contributed by atoms with Gasteiger partial charge in [0.05, 0.1) is 0 Å². The average molecular weight is 232 g/mol. The van der Waals surface area contributed by atoms with Gasteiger partial charge < -0.3 is 0 Å². The van der Waals surface area contributed by atoms with Gasteiger partial charge in [0.2, 0.25) is 0 Å². The maximum Gasteiger partial charge on any atom is 0.0213 e. The van der Waals surface area contributed by atoms with E-state index in [4.69, 9.17) is 5.84 Å². The topological polar surface area (TPSA) is 38.0 Å². The molecular weight excluding hydrogens is 208 g/mol. The zero-order chi connectivity index (χ0) is 12.5. The molecule has 0 saturated heterocycles. The van der Waals surface area contributed by atoms with Crippen molar-refractivity contribution < 1.29 is 0 Å². The molecule has 2 heteroatoms. The maximum absolute atomic E-state index is 5.56. The fourth-order valence-electron chi connectivity index (χ4n) is 1.93. The summed E-state index contributed by atoms with van der Waals surface area (Å²) < 4.78 is 0. The highest BCUT2D eigenvalue weighted by atomic mass is 15.2. The molecule has 94 valence electrons. The van der Waals surface area contributed by atoms with Crippen LogP contribution in [-0.2, 0) is 6.42 Å². The van der Waals surface area contributed by atoms with E-state index < -0.39 is 0 Å². The second-order valence-corrected chi connectivity index (χ2v) is 4.74. The third kappa shape index (κ3) is 6.25. The Morgan fingerprint density at radius 3 is 2.59 bits per heavy atom. The molecule has 2 nitrogen and oxygen atoms in total. The molecule has 0 amide bonds. The third-order valence-corrected chi connectivity index (χ3v) is 3.02. The molecule has 0 spiro atoms. The molecule has 0 aromatic heterocycles. The van der Waals surface area contributed by atoms with Crippen LogP contribution in [0.4, 0.5) is 0 Å². The number of nitrogens with two attached hydrogens (primary N) is 1.